The number of hydrogen-bond acceptors (Lipinski definition) is 3. The summed E-state index contributed by atoms with van der Waals surface area (Å²) in [5.74, 6) is 0.710. The van der Waals surface area contributed by atoms with Gasteiger partial charge in [-0.15, -0.1) is 0 Å². The number of pyridine rings is 1. The number of carbonyl (C=O) groups excluding carboxylic acids is 1. The number of rotatable bonds is 2. The third-order valence-corrected chi connectivity index (χ3v) is 2.46. The van der Waals surface area contributed by atoms with Crippen molar-refractivity contribution in [1.29, 1.82) is 0 Å². The van der Waals surface area contributed by atoms with Crippen LogP contribution >= 0.6 is 0 Å². The molecular formula is C13H14N2O2. The third-order valence-electron chi connectivity index (χ3n) is 2.46. The van der Waals surface area contributed by atoms with E-state index < -0.39 is 0 Å². The molecule has 0 aromatic carbocycles. The van der Waals surface area contributed by atoms with Gasteiger partial charge in [0, 0.05) is 24.4 Å². The molecule has 0 aliphatic heterocycles. The second-order valence-corrected chi connectivity index (χ2v) is 3.88. The molecule has 0 spiro atoms. The van der Waals surface area contributed by atoms with Crippen LogP contribution in [0.1, 0.15) is 18.3 Å². The number of hydrogen-bond donors (Lipinski definition) is 0. The first-order chi connectivity index (χ1) is 8.08. The number of aryl methyl sites for hydroxylation is 2. The zero-order chi connectivity index (χ0) is 12.4. The lowest BCUT2D eigenvalue weighted by Gasteiger charge is -2.09. The molecule has 0 N–H and O–H groups in total. The predicted molar refractivity (Wildman–Crippen MR) is 64.3 cm³/mol. The Labute approximate surface area is 99.9 Å². The lowest BCUT2D eigenvalue weighted by Crippen LogP contribution is -2.06. The average Bonchev–Trinajstić information content (AvgIpc) is 2.58. The van der Waals surface area contributed by atoms with E-state index in [2.05, 4.69) is 4.98 Å². The number of esters is 1. The lowest BCUT2D eigenvalue weighted by atomic mass is 10.4. The molecule has 4 heteroatoms. The molecule has 0 saturated carbocycles. The van der Waals surface area contributed by atoms with E-state index >= 15 is 0 Å². The predicted octanol–water partition coefficient (Wildman–Crippen LogP) is 2.41. The van der Waals surface area contributed by atoms with Gasteiger partial charge in [-0.3, -0.25) is 4.79 Å². The van der Waals surface area contributed by atoms with Crippen LogP contribution in [-0.4, -0.2) is 15.5 Å². The van der Waals surface area contributed by atoms with Crippen LogP contribution in [0.4, 0.5) is 0 Å². The smallest absolute Gasteiger partial charge is 0.309 e. The Bertz CT molecular complexity index is 539. The van der Waals surface area contributed by atoms with Crippen LogP contribution < -0.4 is 4.74 Å². The van der Waals surface area contributed by atoms with Gasteiger partial charge in [-0.1, -0.05) is 6.07 Å². The molecule has 0 bridgehead atoms. The fraction of sp³-hybridized carbons (Fsp3) is 0.231. The van der Waals surface area contributed by atoms with Crippen molar-refractivity contribution < 1.29 is 9.53 Å². The van der Waals surface area contributed by atoms with E-state index in [-0.39, 0.29) is 5.97 Å². The Morgan fingerprint density at radius 3 is 2.41 bits per heavy atom. The molecule has 0 amide bonds. The molecule has 2 heterocycles. The molecule has 2 rings (SSSR count). The molecule has 0 aliphatic rings. The summed E-state index contributed by atoms with van der Waals surface area (Å²) in [6.45, 7) is 5.38. The van der Waals surface area contributed by atoms with Crippen molar-refractivity contribution in [2.75, 3.05) is 0 Å². The Morgan fingerprint density at radius 2 is 1.82 bits per heavy atom. The summed E-state index contributed by atoms with van der Waals surface area (Å²) in [7, 11) is 0. The van der Waals surface area contributed by atoms with E-state index in [0.717, 1.165) is 17.2 Å². The Balaban J connectivity index is 2.43. The van der Waals surface area contributed by atoms with Crippen LogP contribution in [0.15, 0.2) is 30.3 Å². The minimum absolute atomic E-state index is 0.322. The molecule has 0 atom stereocenters. The van der Waals surface area contributed by atoms with Crippen LogP contribution in [-0.2, 0) is 4.79 Å². The summed E-state index contributed by atoms with van der Waals surface area (Å²) in [4.78, 5) is 15.2. The van der Waals surface area contributed by atoms with Gasteiger partial charge in [0.1, 0.15) is 5.82 Å². The molecule has 2 aromatic rings. The van der Waals surface area contributed by atoms with Crippen LogP contribution in [0.5, 0.6) is 5.88 Å². The Kier molecular flexibility index (Phi) is 2.95. The molecule has 0 aliphatic carbocycles. The van der Waals surface area contributed by atoms with Crippen molar-refractivity contribution in [2.45, 2.75) is 20.8 Å². The lowest BCUT2D eigenvalue weighted by molar-refractivity contribution is -0.132. The van der Waals surface area contributed by atoms with E-state index in [1.54, 1.807) is 6.07 Å². The quantitative estimate of drug-likeness (QED) is 0.744. The van der Waals surface area contributed by atoms with Crippen molar-refractivity contribution >= 4 is 5.97 Å². The van der Waals surface area contributed by atoms with E-state index in [1.165, 1.54) is 6.92 Å². The van der Waals surface area contributed by atoms with Gasteiger partial charge >= 0.3 is 5.97 Å². The molecule has 17 heavy (non-hydrogen) atoms. The second-order valence-electron chi connectivity index (χ2n) is 3.88. The van der Waals surface area contributed by atoms with Crippen LogP contribution in [0.25, 0.3) is 5.82 Å². The van der Waals surface area contributed by atoms with E-state index in [9.17, 15) is 4.79 Å². The summed E-state index contributed by atoms with van der Waals surface area (Å²) < 4.78 is 6.98. The van der Waals surface area contributed by atoms with E-state index in [4.69, 9.17) is 4.74 Å². The van der Waals surface area contributed by atoms with Crippen LogP contribution in [0.2, 0.25) is 0 Å². The van der Waals surface area contributed by atoms with Gasteiger partial charge in [-0.2, -0.15) is 4.98 Å². The van der Waals surface area contributed by atoms with Gasteiger partial charge in [0.15, 0.2) is 0 Å². The van der Waals surface area contributed by atoms with Gasteiger partial charge in [0.05, 0.1) is 0 Å². The number of nitrogens with zero attached hydrogens (tertiary/aromatic N) is 2. The zero-order valence-electron chi connectivity index (χ0n) is 10.1. The summed E-state index contributed by atoms with van der Waals surface area (Å²) in [5.41, 5.74) is 2.19. The molecule has 0 saturated heterocycles. The van der Waals surface area contributed by atoms with E-state index in [0.29, 0.717) is 5.88 Å². The number of ether oxygens (including phenoxy) is 1. The maximum absolute atomic E-state index is 10.9. The standard InChI is InChI=1S/C13H14N2O2/c1-9-7-8-10(2)15(9)12-5-4-6-13(14-12)17-11(3)16/h4-8H,1-3H3. The van der Waals surface area contributed by atoms with Crippen LogP contribution in [0.3, 0.4) is 0 Å². The number of carbonyl (C=O) groups is 1. The molecule has 0 radical (unpaired) electrons. The number of aromatic nitrogens is 2. The molecule has 88 valence electrons. The molecular weight excluding hydrogens is 216 g/mol. The van der Waals surface area contributed by atoms with Crippen LogP contribution in [0, 0.1) is 13.8 Å². The Morgan fingerprint density at radius 1 is 1.18 bits per heavy atom. The van der Waals surface area contributed by atoms with Gasteiger partial charge in [-0.25, -0.2) is 0 Å². The molecule has 2 aromatic heterocycles. The van der Waals surface area contributed by atoms with Crippen molar-refractivity contribution in [3.63, 3.8) is 0 Å². The van der Waals surface area contributed by atoms with Crippen molar-refractivity contribution in [3.8, 4) is 11.7 Å². The summed E-state index contributed by atoms with van der Waals surface area (Å²) in [5, 5.41) is 0. The molecule has 0 fully saturated rings. The summed E-state index contributed by atoms with van der Waals surface area (Å²) in [6.07, 6.45) is 0. The SMILES string of the molecule is CC(=O)Oc1cccc(-n2c(C)ccc2C)n1. The molecule has 0 unspecified atom stereocenters. The van der Waals surface area contributed by atoms with E-state index in [1.807, 2.05) is 42.7 Å². The van der Waals surface area contributed by atoms with Crippen molar-refractivity contribution in [3.05, 3.63) is 41.7 Å². The van der Waals surface area contributed by atoms with Gasteiger partial charge < -0.3 is 9.30 Å². The largest absolute Gasteiger partial charge is 0.408 e. The maximum Gasteiger partial charge on any atom is 0.309 e. The highest BCUT2D eigenvalue weighted by molar-refractivity contribution is 5.68. The summed E-state index contributed by atoms with van der Waals surface area (Å²) in [6, 6.07) is 9.41. The summed E-state index contributed by atoms with van der Waals surface area (Å²) >= 11 is 0. The van der Waals surface area contributed by atoms with Gasteiger partial charge in [0.25, 0.3) is 0 Å². The maximum atomic E-state index is 10.9. The highest BCUT2D eigenvalue weighted by atomic mass is 16.5. The monoisotopic (exact) mass is 230 g/mol. The minimum atomic E-state index is -0.365. The average molecular weight is 230 g/mol. The molecule has 4 nitrogen and oxygen atoms in total. The van der Waals surface area contributed by atoms with Gasteiger partial charge in [0.2, 0.25) is 5.88 Å². The minimum Gasteiger partial charge on any atom is -0.408 e. The Hall–Kier alpha value is -2.10. The van der Waals surface area contributed by atoms with Crippen molar-refractivity contribution in [2.24, 2.45) is 0 Å². The first kappa shape index (κ1) is 11.4. The second kappa shape index (κ2) is 4.41. The highest BCUT2D eigenvalue weighted by Crippen LogP contribution is 2.17. The van der Waals surface area contributed by atoms with Gasteiger partial charge in [-0.05, 0) is 32.0 Å². The first-order valence-corrected chi connectivity index (χ1v) is 5.39. The van der Waals surface area contributed by atoms with Crippen molar-refractivity contribution in [1.82, 2.24) is 9.55 Å². The third kappa shape index (κ3) is 2.36. The first-order valence-electron chi connectivity index (χ1n) is 5.39. The fourth-order valence-corrected chi connectivity index (χ4v) is 1.76. The highest BCUT2D eigenvalue weighted by Gasteiger charge is 2.07. The fourth-order valence-electron chi connectivity index (χ4n) is 1.76. The normalized spacial score (nSPS) is 10.3. The zero-order valence-corrected chi connectivity index (χ0v) is 10.1. The topological polar surface area (TPSA) is 44.1 Å².